The van der Waals surface area contributed by atoms with E-state index in [2.05, 4.69) is 0 Å². The monoisotopic (exact) mass is 146 g/mol. The number of rotatable bonds is 1. The fourth-order valence-electron chi connectivity index (χ4n) is 0.454. The Morgan fingerprint density at radius 1 is 1.30 bits per heavy atom. The highest BCUT2D eigenvalue weighted by Gasteiger charge is 2.13. The molecule has 0 amide bonds. The van der Waals surface area contributed by atoms with Crippen LogP contribution in [0.5, 0.6) is 0 Å². The van der Waals surface area contributed by atoms with E-state index in [-0.39, 0.29) is 11.8 Å². The van der Waals surface area contributed by atoms with Crippen molar-refractivity contribution in [3.8, 4) is 0 Å². The van der Waals surface area contributed by atoms with Crippen molar-refractivity contribution in [2.75, 3.05) is 0 Å². The van der Waals surface area contributed by atoms with Crippen LogP contribution in [0.25, 0.3) is 0 Å². The van der Waals surface area contributed by atoms with Crippen LogP contribution in [-0.2, 0) is 4.79 Å². The third-order valence-electron chi connectivity index (χ3n) is 0.682. The highest BCUT2D eigenvalue weighted by molar-refractivity contribution is 5.67. The van der Waals surface area contributed by atoms with Gasteiger partial charge in [-0.25, -0.2) is 0 Å². The second-order valence-corrected chi connectivity index (χ2v) is 3.13. The fraction of sp³-hybridized carbons (Fsp3) is 0.875. The lowest BCUT2D eigenvalue weighted by molar-refractivity contribution is -0.139. The lowest BCUT2D eigenvalue weighted by atomic mass is 9.93. The molecule has 0 aromatic carbocycles. The maximum Gasteiger partial charge on any atom is 0.303 e. The lowest BCUT2D eigenvalue weighted by Crippen LogP contribution is -2.11. The Labute approximate surface area is 63.3 Å². The second-order valence-electron chi connectivity index (χ2n) is 3.13. The molecule has 2 heteroatoms. The Kier molecular flexibility index (Phi) is 6.42. The molecule has 0 aromatic heterocycles. The molecule has 10 heavy (non-hydrogen) atoms. The molecular formula is C8H18O2. The van der Waals surface area contributed by atoms with Gasteiger partial charge in [-0.2, -0.15) is 0 Å². The third-order valence-corrected chi connectivity index (χ3v) is 0.682. The van der Waals surface area contributed by atoms with Gasteiger partial charge in [0.15, 0.2) is 0 Å². The Bertz CT molecular complexity index is 89.9. The topological polar surface area (TPSA) is 37.3 Å². The number of hydrogen-bond acceptors (Lipinski definition) is 1. The van der Waals surface area contributed by atoms with E-state index < -0.39 is 5.97 Å². The minimum absolute atomic E-state index is 0.0775. The summed E-state index contributed by atoms with van der Waals surface area (Å²) in [5.74, 6) is -0.725. The molecule has 62 valence electrons. The molecule has 0 saturated heterocycles. The Morgan fingerprint density at radius 3 is 1.60 bits per heavy atom. The summed E-state index contributed by atoms with van der Waals surface area (Å²) in [6, 6.07) is 0. The van der Waals surface area contributed by atoms with E-state index in [1.54, 1.807) is 0 Å². The van der Waals surface area contributed by atoms with Gasteiger partial charge in [0.2, 0.25) is 0 Å². The normalized spacial score (nSPS) is 9.70. The summed E-state index contributed by atoms with van der Waals surface area (Å²) in [7, 11) is 0. The highest BCUT2D eigenvalue weighted by atomic mass is 16.4. The molecule has 0 aliphatic rings. The summed E-state index contributed by atoms with van der Waals surface area (Å²) in [6.07, 6.45) is 0.243. The first-order chi connectivity index (χ1) is 4.42. The van der Waals surface area contributed by atoms with Gasteiger partial charge in [0, 0.05) is 0 Å². The number of carboxylic acid groups (broad SMARTS) is 1. The van der Waals surface area contributed by atoms with Crippen LogP contribution < -0.4 is 0 Å². The lowest BCUT2D eigenvalue weighted by Gasteiger charge is -2.13. The average Bonchev–Trinajstić information content (AvgIpc) is 1.64. The van der Waals surface area contributed by atoms with Crippen molar-refractivity contribution in [2.24, 2.45) is 5.41 Å². The molecule has 0 rings (SSSR count). The van der Waals surface area contributed by atoms with E-state index in [0.29, 0.717) is 0 Å². The van der Waals surface area contributed by atoms with Crippen molar-refractivity contribution in [1.29, 1.82) is 0 Å². The summed E-state index contributed by atoms with van der Waals surface area (Å²) in [5.41, 5.74) is -0.0775. The Balaban J connectivity index is 0. The maximum atomic E-state index is 10.0. The van der Waals surface area contributed by atoms with E-state index in [1.807, 2.05) is 34.6 Å². The molecule has 0 unspecified atom stereocenters. The van der Waals surface area contributed by atoms with Crippen LogP contribution in [0.15, 0.2) is 0 Å². The third kappa shape index (κ3) is 15.6. The van der Waals surface area contributed by atoms with E-state index >= 15 is 0 Å². The SMILES string of the molecule is CC.CC(C)(C)CC(=O)O. The molecule has 0 heterocycles. The molecule has 0 saturated carbocycles. The molecule has 0 fully saturated rings. The van der Waals surface area contributed by atoms with Crippen LogP contribution in [0.2, 0.25) is 0 Å². The van der Waals surface area contributed by atoms with Gasteiger partial charge in [0.05, 0.1) is 6.42 Å². The molecule has 0 spiro atoms. The number of hydrogen-bond donors (Lipinski definition) is 1. The zero-order valence-electron chi connectivity index (χ0n) is 7.56. The second kappa shape index (κ2) is 5.27. The van der Waals surface area contributed by atoms with Crippen LogP contribution in [0.4, 0.5) is 0 Å². The number of aliphatic carboxylic acids is 1. The first kappa shape index (κ1) is 12.2. The fourth-order valence-corrected chi connectivity index (χ4v) is 0.454. The van der Waals surface area contributed by atoms with Gasteiger partial charge in [-0.1, -0.05) is 34.6 Å². The van der Waals surface area contributed by atoms with Crippen LogP contribution >= 0.6 is 0 Å². The molecule has 2 nitrogen and oxygen atoms in total. The molecular weight excluding hydrogens is 128 g/mol. The molecule has 0 radical (unpaired) electrons. The molecule has 0 aliphatic heterocycles. The Hall–Kier alpha value is -0.530. The van der Waals surface area contributed by atoms with E-state index in [0.717, 1.165) is 0 Å². The number of carboxylic acids is 1. The minimum atomic E-state index is -0.725. The first-order valence-corrected chi connectivity index (χ1v) is 3.63. The minimum Gasteiger partial charge on any atom is -0.481 e. The summed E-state index contributed by atoms with van der Waals surface area (Å²) < 4.78 is 0. The quantitative estimate of drug-likeness (QED) is 0.617. The Morgan fingerprint density at radius 2 is 1.60 bits per heavy atom. The van der Waals surface area contributed by atoms with Crippen LogP contribution in [0, 0.1) is 5.41 Å². The molecule has 0 bridgehead atoms. The van der Waals surface area contributed by atoms with Crippen LogP contribution in [0.1, 0.15) is 41.0 Å². The zero-order valence-corrected chi connectivity index (χ0v) is 7.56. The summed E-state index contributed by atoms with van der Waals surface area (Å²) >= 11 is 0. The van der Waals surface area contributed by atoms with Gasteiger partial charge in [0.25, 0.3) is 0 Å². The van der Waals surface area contributed by atoms with Crippen LogP contribution in [-0.4, -0.2) is 11.1 Å². The van der Waals surface area contributed by atoms with Crippen molar-refractivity contribution >= 4 is 5.97 Å². The van der Waals surface area contributed by atoms with E-state index in [9.17, 15) is 4.79 Å². The maximum absolute atomic E-state index is 10.0. The summed E-state index contributed by atoms with van der Waals surface area (Å²) in [5, 5.41) is 8.25. The molecule has 0 aromatic rings. The molecule has 0 aliphatic carbocycles. The first-order valence-electron chi connectivity index (χ1n) is 3.63. The standard InChI is InChI=1S/C6H12O2.C2H6/c1-6(2,3)4-5(7)8;1-2/h4H2,1-3H3,(H,7,8);1-2H3. The predicted octanol–water partition coefficient (Wildman–Crippen LogP) is 2.53. The largest absolute Gasteiger partial charge is 0.481 e. The van der Waals surface area contributed by atoms with Gasteiger partial charge in [-0.05, 0) is 5.41 Å². The van der Waals surface area contributed by atoms with Crippen molar-refractivity contribution < 1.29 is 9.90 Å². The van der Waals surface area contributed by atoms with E-state index in [1.165, 1.54) is 0 Å². The van der Waals surface area contributed by atoms with Crippen molar-refractivity contribution in [3.05, 3.63) is 0 Å². The van der Waals surface area contributed by atoms with Crippen LogP contribution in [0.3, 0.4) is 0 Å². The van der Waals surface area contributed by atoms with Gasteiger partial charge in [-0.3, -0.25) is 4.79 Å². The smallest absolute Gasteiger partial charge is 0.303 e. The van der Waals surface area contributed by atoms with Gasteiger partial charge >= 0.3 is 5.97 Å². The molecule has 1 N–H and O–H groups in total. The van der Waals surface area contributed by atoms with Crippen molar-refractivity contribution in [1.82, 2.24) is 0 Å². The van der Waals surface area contributed by atoms with Gasteiger partial charge < -0.3 is 5.11 Å². The van der Waals surface area contributed by atoms with Crippen molar-refractivity contribution in [2.45, 2.75) is 41.0 Å². The van der Waals surface area contributed by atoms with Gasteiger partial charge in [-0.15, -0.1) is 0 Å². The highest BCUT2D eigenvalue weighted by Crippen LogP contribution is 2.17. The van der Waals surface area contributed by atoms with Crippen molar-refractivity contribution in [3.63, 3.8) is 0 Å². The molecule has 0 atom stereocenters. The van der Waals surface area contributed by atoms with E-state index in [4.69, 9.17) is 5.11 Å². The number of carbonyl (C=O) groups is 1. The zero-order chi connectivity index (χ0) is 8.78. The predicted molar refractivity (Wildman–Crippen MR) is 43.1 cm³/mol. The summed E-state index contributed by atoms with van der Waals surface area (Å²) in [6.45, 7) is 9.71. The van der Waals surface area contributed by atoms with Gasteiger partial charge in [0.1, 0.15) is 0 Å². The average molecular weight is 146 g/mol. The summed E-state index contributed by atoms with van der Waals surface area (Å²) in [4.78, 5) is 10.0.